The topological polar surface area (TPSA) is 168 Å². The van der Waals surface area contributed by atoms with Gasteiger partial charge in [-0.25, -0.2) is 4.79 Å². The monoisotopic (exact) mass is 645 g/mol. The summed E-state index contributed by atoms with van der Waals surface area (Å²) < 4.78 is 0. The summed E-state index contributed by atoms with van der Waals surface area (Å²) in [6.07, 6.45) is 5.13. The van der Waals surface area contributed by atoms with Crippen LogP contribution in [0.3, 0.4) is 0 Å². The quantitative estimate of drug-likeness (QED) is 0.114. The summed E-state index contributed by atoms with van der Waals surface area (Å²) in [5, 5.41) is 7.96. The molecular formula is C33H51N5O6S. The third-order valence-corrected chi connectivity index (χ3v) is 9.10. The smallest absolute Gasteiger partial charge is 0.312 e. The van der Waals surface area contributed by atoms with E-state index in [1.165, 1.54) is 4.90 Å². The number of hydrogen-bond acceptors (Lipinski definition) is 7. The number of carbonyl (C=O) groups excluding carboxylic acids is 6. The number of rotatable bonds is 21. The Labute approximate surface area is 271 Å². The van der Waals surface area contributed by atoms with Crippen LogP contribution in [-0.2, 0) is 24.0 Å². The molecular weight excluding hydrogens is 594 g/mol. The van der Waals surface area contributed by atoms with Gasteiger partial charge < -0.3 is 21.7 Å². The number of nitrogens with two attached hydrogens (primary N) is 1. The zero-order valence-corrected chi connectivity index (χ0v) is 28.0. The summed E-state index contributed by atoms with van der Waals surface area (Å²) in [5.74, 6) is -0.995. The highest BCUT2D eigenvalue weighted by Crippen LogP contribution is 2.26. The number of imide groups is 1. The van der Waals surface area contributed by atoms with Gasteiger partial charge in [0.15, 0.2) is 5.78 Å². The van der Waals surface area contributed by atoms with Gasteiger partial charge in [0.05, 0.1) is 11.3 Å². The second kappa shape index (κ2) is 19.9. The number of Topliss-reactive ketones (excluding diaryl/α,β-unsaturated/α-hetero) is 1. The predicted molar refractivity (Wildman–Crippen MR) is 177 cm³/mol. The molecule has 1 aliphatic heterocycles. The molecule has 1 aliphatic rings. The average molecular weight is 646 g/mol. The van der Waals surface area contributed by atoms with Crippen molar-refractivity contribution in [3.63, 3.8) is 0 Å². The van der Waals surface area contributed by atoms with Gasteiger partial charge in [0.25, 0.3) is 0 Å². The van der Waals surface area contributed by atoms with Gasteiger partial charge in [-0.15, -0.1) is 11.8 Å². The first-order chi connectivity index (χ1) is 21.4. The number of urea groups is 1. The molecule has 11 nitrogen and oxygen atoms in total. The molecule has 45 heavy (non-hydrogen) atoms. The van der Waals surface area contributed by atoms with Crippen LogP contribution in [0.2, 0.25) is 0 Å². The number of ketones is 1. The van der Waals surface area contributed by atoms with Crippen LogP contribution in [0.1, 0.15) is 90.5 Å². The first-order valence-electron chi connectivity index (χ1n) is 16.1. The van der Waals surface area contributed by atoms with Crippen LogP contribution in [0.15, 0.2) is 24.3 Å². The molecule has 0 bridgehead atoms. The molecule has 1 unspecified atom stereocenters. The lowest BCUT2D eigenvalue weighted by Gasteiger charge is -2.24. The molecule has 6 amide bonds. The van der Waals surface area contributed by atoms with Gasteiger partial charge in [0, 0.05) is 44.0 Å². The van der Waals surface area contributed by atoms with Crippen molar-refractivity contribution in [2.45, 2.75) is 103 Å². The highest BCUT2D eigenvalue weighted by Gasteiger charge is 2.38. The largest absolute Gasteiger partial charge is 0.352 e. The van der Waals surface area contributed by atoms with E-state index in [9.17, 15) is 28.8 Å². The molecule has 1 aromatic rings. The van der Waals surface area contributed by atoms with E-state index in [4.69, 9.17) is 5.73 Å². The first kappa shape index (κ1) is 37.8. The lowest BCUT2D eigenvalue weighted by Crippen LogP contribution is -2.45. The lowest BCUT2D eigenvalue weighted by molar-refractivity contribution is -0.138. The van der Waals surface area contributed by atoms with Crippen molar-refractivity contribution < 1.29 is 28.8 Å². The number of benzene rings is 1. The van der Waals surface area contributed by atoms with Gasteiger partial charge in [0.1, 0.15) is 0 Å². The summed E-state index contributed by atoms with van der Waals surface area (Å²) in [5.41, 5.74) is 6.82. The second-order valence-electron chi connectivity index (χ2n) is 12.1. The molecule has 0 aromatic heterocycles. The summed E-state index contributed by atoms with van der Waals surface area (Å²) in [6.45, 7) is 8.37. The van der Waals surface area contributed by atoms with Crippen LogP contribution >= 0.6 is 11.8 Å². The number of likely N-dealkylation sites (tertiary alicyclic amines) is 1. The minimum absolute atomic E-state index is 0.0625. The van der Waals surface area contributed by atoms with Crippen molar-refractivity contribution >= 4 is 52.9 Å². The Balaban J connectivity index is 1.86. The van der Waals surface area contributed by atoms with Crippen LogP contribution in [0.4, 0.5) is 10.5 Å². The predicted octanol–water partition coefficient (Wildman–Crippen LogP) is 4.32. The number of thioether (sulfide) groups is 1. The summed E-state index contributed by atoms with van der Waals surface area (Å²) in [7, 11) is 0. The Kier molecular flexibility index (Phi) is 16.7. The molecule has 0 spiro atoms. The maximum atomic E-state index is 13.4. The number of nitrogens with one attached hydrogen (secondary N) is 3. The van der Waals surface area contributed by atoms with E-state index in [2.05, 4.69) is 22.9 Å². The standard InChI is InChI=1S/C33H51N5O6S/c1-5-6-19-45-27-21-29(41)38(32(27)43)18-9-7-8-12-28(40)37-30(22(2)3)26(39)20-24(11-10-17-35-33(34)44)31(42)36-25-15-13-23(4)14-16-25/h13-16,22,24,27,30H,5-12,17-21H2,1-4H3,(H,36,42)(H,37,40)(H3,34,35,44)/t24-,27?,30+/m1/s1. The number of nitrogens with zero attached hydrogens (tertiary/aromatic N) is 1. The van der Waals surface area contributed by atoms with Crippen molar-refractivity contribution in [3.05, 3.63) is 29.8 Å². The molecule has 250 valence electrons. The van der Waals surface area contributed by atoms with E-state index in [1.54, 1.807) is 23.9 Å². The minimum atomic E-state index is -0.752. The second-order valence-corrected chi connectivity index (χ2v) is 13.4. The molecule has 0 radical (unpaired) electrons. The van der Waals surface area contributed by atoms with Crippen LogP contribution < -0.4 is 21.7 Å². The van der Waals surface area contributed by atoms with Crippen LogP contribution in [0.25, 0.3) is 0 Å². The molecule has 12 heteroatoms. The highest BCUT2D eigenvalue weighted by atomic mass is 32.2. The maximum Gasteiger partial charge on any atom is 0.312 e. The molecule has 2 rings (SSSR count). The summed E-state index contributed by atoms with van der Waals surface area (Å²) in [6, 6.07) is 5.95. The fraction of sp³-hybridized carbons (Fsp3) is 0.636. The third-order valence-electron chi connectivity index (χ3n) is 7.80. The third kappa shape index (κ3) is 13.6. The number of unbranched alkanes of at least 4 members (excludes halogenated alkanes) is 3. The Morgan fingerprint density at radius 1 is 1.02 bits per heavy atom. The van der Waals surface area contributed by atoms with Gasteiger partial charge >= 0.3 is 6.03 Å². The van der Waals surface area contributed by atoms with E-state index < -0.39 is 18.0 Å². The van der Waals surface area contributed by atoms with Gasteiger partial charge in [-0.1, -0.05) is 51.3 Å². The van der Waals surface area contributed by atoms with Gasteiger partial charge in [-0.05, 0) is 62.8 Å². The molecule has 3 atom stereocenters. The van der Waals surface area contributed by atoms with Crippen LogP contribution in [0, 0.1) is 18.8 Å². The molecule has 0 saturated carbocycles. The molecule has 1 saturated heterocycles. The number of aryl methyl sites for hydroxylation is 1. The lowest BCUT2D eigenvalue weighted by atomic mass is 9.89. The Morgan fingerprint density at radius 2 is 1.73 bits per heavy atom. The molecule has 1 heterocycles. The summed E-state index contributed by atoms with van der Waals surface area (Å²) in [4.78, 5) is 76.7. The fourth-order valence-corrected chi connectivity index (χ4v) is 6.39. The average Bonchev–Trinajstić information content (AvgIpc) is 3.25. The van der Waals surface area contributed by atoms with E-state index in [0.29, 0.717) is 44.3 Å². The summed E-state index contributed by atoms with van der Waals surface area (Å²) >= 11 is 1.56. The molecule has 0 aliphatic carbocycles. The van der Waals surface area contributed by atoms with Gasteiger partial charge in [-0.2, -0.15) is 0 Å². The van der Waals surface area contributed by atoms with E-state index >= 15 is 0 Å². The van der Waals surface area contributed by atoms with Crippen molar-refractivity contribution in [2.75, 3.05) is 24.2 Å². The first-order valence-corrected chi connectivity index (χ1v) is 17.2. The maximum absolute atomic E-state index is 13.4. The van der Waals surface area contributed by atoms with Gasteiger partial charge in [0.2, 0.25) is 23.6 Å². The van der Waals surface area contributed by atoms with Crippen molar-refractivity contribution in [3.8, 4) is 0 Å². The molecule has 1 fully saturated rings. The highest BCUT2D eigenvalue weighted by molar-refractivity contribution is 8.00. The Morgan fingerprint density at radius 3 is 2.38 bits per heavy atom. The Hall–Kier alpha value is -3.41. The zero-order chi connectivity index (χ0) is 33.4. The number of primary amides is 1. The van der Waals surface area contributed by atoms with Gasteiger partial charge in [-0.3, -0.25) is 28.9 Å². The van der Waals surface area contributed by atoms with Crippen LogP contribution in [-0.4, -0.2) is 70.5 Å². The fourth-order valence-electron chi connectivity index (χ4n) is 5.12. The molecule has 5 N–H and O–H groups in total. The van der Waals surface area contributed by atoms with Crippen LogP contribution in [0.5, 0.6) is 0 Å². The molecule has 1 aromatic carbocycles. The van der Waals surface area contributed by atoms with Crippen molar-refractivity contribution in [1.82, 2.24) is 15.5 Å². The van der Waals surface area contributed by atoms with E-state index in [1.807, 2.05) is 32.9 Å². The number of carbonyl (C=O) groups is 6. The van der Waals surface area contributed by atoms with E-state index in [0.717, 1.165) is 24.2 Å². The SMILES string of the molecule is CCCCSC1CC(=O)N(CCCCCC(=O)N[C@H](C(=O)C[C@@H](CCCNC(N)=O)C(=O)Nc2ccc(C)cc2)C(C)C)C1=O. The van der Waals surface area contributed by atoms with Crippen molar-refractivity contribution in [1.29, 1.82) is 0 Å². The van der Waals surface area contributed by atoms with Crippen molar-refractivity contribution in [2.24, 2.45) is 17.6 Å². The number of anilines is 1. The minimum Gasteiger partial charge on any atom is -0.352 e. The number of amides is 6. The normalized spacial score (nSPS) is 16.0. The van der Waals surface area contributed by atoms with E-state index in [-0.39, 0.29) is 66.4 Å². The number of hydrogen-bond donors (Lipinski definition) is 4. The Bertz CT molecular complexity index is 1160. The zero-order valence-electron chi connectivity index (χ0n) is 27.2.